The molecule has 1 amide bonds. The van der Waals surface area contributed by atoms with Gasteiger partial charge < -0.3 is 9.80 Å². The SMILES string of the molecule is CCC(=O)C(=O)N1CCC(CCN2CCN(c3cccc(C(F)(F)F)c3)CC2)CC1. The Morgan fingerprint density at radius 2 is 1.70 bits per heavy atom. The second-order valence-electron chi connectivity index (χ2n) is 8.18. The van der Waals surface area contributed by atoms with Gasteiger partial charge in [-0.1, -0.05) is 13.0 Å². The number of hydrogen-bond acceptors (Lipinski definition) is 4. The predicted octanol–water partition coefficient (Wildman–Crippen LogP) is 3.44. The maximum Gasteiger partial charge on any atom is 0.416 e. The number of likely N-dealkylation sites (tertiary alicyclic amines) is 1. The Balaban J connectivity index is 1.40. The van der Waals surface area contributed by atoms with Crippen molar-refractivity contribution in [3.05, 3.63) is 29.8 Å². The average Bonchev–Trinajstić information content (AvgIpc) is 2.77. The summed E-state index contributed by atoms with van der Waals surface area (Å²) < 4.78 is 38.8. The number of Topliss-reactive ketones (excluding diaryl/α,β-unsaturated/α-hetero) is 1. The van der Waals surface area contributed by atoms with Crippen LogP contribution < -0.4 is 4.90 Å². The minimum absolute atomic E-state index is 0.255. The summed E-state index contributed by atoms with van der Waals surface area (Å²) in [6, 6.07) is 5.55. The number of halogens is 3. The second-order valence-corrected chi connectivity index (χ2v) is 8.18. The third-order valence-corrected chi connectivity index (χ3v) is 6.23. The molecule has 2 saturated heterocycles. The molecule has 5 nitrogen and oxygen atoms in total. The van der Waals surface area contributed by atoms with Gasteiger partial charge in [-0.15, -0.1) is 0 Å². The fourth-order valence-electron chi connectivity index (χ4n) is 4.23. The van der Waals surface area contributed by atoms with Crippen molar-refractivity contribution in [3.63, 3.8) is 0 Å². The third-order valence-electron chi connectivity index (χ3n) is 6.23. The fourth-order valence-corrected chi connectivity index (χ4v) is 4.23. The molecule has 2 heterocycles. The molecule has 8 heteroatoms. The van der Waals surface area contributed by atoms with E-state index in [0.29, 0.717) is 37.8 Å². The molecule has 3 rings (SSSR count). The van der Waals surface area contributed by atoms with Crippen molar-refractivity contribution < 1.29 is 22.8 Å². The first-order valence-corrected chi connectivity index (χ1v) is 10.7. The number of rotatable bonds is 6. The van der Waals surface area contributed by atoms with E-state index < -0.39 is 11.7 Å². The summed E-state index contributed by atoms with van der Waals surface area (Å²) in [6.45, 7) is 7.07. The lowest BCUT2D eigenvalue weighted by Gasteiger charge is -2.37. The molecule has 0 bridgehead atoms. The number of carbonyl (C=O) groups is 2. The van der Waals surface area contributed by atoms with Crippen molar-refractivity contribution in [1.29, 1.82) is 0 Å². The molecule has 0 atom stereocenters. The number of amides is 1. The van der Waals surface area contributed by atoms with Crippen LogP contribution in [0.1, 0.15) is 38.2 Å². The molecular weight excluding hydrogens is 395 g/mol. The second kappa shape index (κ2) is 9.81. The number of ketones is 1. The number of alkyl halides is 3. The Morgan fingerprint density at radius 3 is 2.30 bits per heavy atom. The van der Waals surface area contributed by atoms with Crippen LogP contribution in [0.5, 0.6) is 0 Å². The van der Waals surface area contributed by atoms with E-state index in [0.717, 1.165) is 45.0 Å². The number of piperazine rings is 1. The van der Waals surface area contributed by atoms with Crippen molar-refractivity contribution >= 4 is 17.4 Å². The fraction of sp³-hybridized carbons (Fsp3) is 0.636. The number of piperidine rings is 1. The lowest BCUT2D eigenvalue weighted by Crippen LogP contribution is -2.47. The van der Waals surface area contributed by atoms with E-state index in [2.05, 4.69) is 4.90 Å². The molecule has 166 valence electrons. The molecular formula is C22H30F3N3O2. The van der Waals surface area contributed by atoms with Gasteiger partial charge in [0.15, 0.2) is 0 Å². The van der Waals surface area contributed by atoms with Gasteiger partial charge in [0.25, 0.3) is 5.91 Å². The molecule has 0 aliphatic carbocycles. The number of carbonyl (C=O) groups excluding carboxylic acids is 2. The van der Waals surface area contributed by atoms with Gasteiger partial charge in [-0.25, -0.2) is 0 Å². The first-order valence-electron chi connectivity index (χ1n) is 10.7. The van der Waals surface area contributed by atoms with E-state index in [1.807, 2.05) is 4.90 Å². The zero-order valence-corrected chi connectivity index (χ0v) is 17.5. The Kier molecular flexibility index (Phi) is 7.39. The standard InChI is InChI=1S/C22H30F3N3O2/c1-2-20(29)21(30)28-10-7-17(8-11-28)6-9-26-12-14-27(15-13-26)19-5-3-4-18(16-19)22(23,24)25/h3-5,16-17H,2,6-15H2,1H3. The van der Waals surface area contributed by atoms with E-state index >= 15 is 0 Å². The molecule has 0 aromatic heterocycles. The van der Waals surface area contributed by atoms with Gasteiger partial charge in [0.1, 0.15) is 0 Å². The molecule has 1 aromatic carbocycles. The zero-order valence-electron chi connectivity index (χ0n) is 17.5. The van der Waals surface area contributed by atoms with Gasteiger partial charge in [-0.2, -0.15) is 13.2 Å². The van der Waals surface area contributed by atoms with Gasteiger partial charge in [-0.3, -0.25) is 14.5 Å². The van der Waals surface area contributed by atoms with E-state index in [-0.39, 0.29) is 18.1 Å². The summed E-state index contributed by atoms with van der Waals surface area (Å²) in [7, 11) is 0. The van der Waals surface area contributed by atoms with Crippen molar-refractivity contribution in [2.24, 2.45) is 5.92 Å². The normalized spacial score (nSPS) is 19.2. The Bertz CT molecular complexity index is 737. The van der Waals surface area contributed by atoms with Crippen LogP contribution in [0, 0.1) is 5.92 Å². The highest BCUT2D eigenvalue weighted by Gasteiger charge is 2.31. The van der Waals surface area contributed by atoms with Crippen LogP contribution in [0.25, 0.3) is 0 Å². The first-order chi connectivity index (χ1) is 14.3. The topological polar surface area (TPSA) is 43.9 Å². The van der Waals surface area contributed by atoms with E-state index in [4.69, 9.17) is 0 Å². The minimum atomic E-state index is -4.32. The monoisotopic (exact) mass is 425 g/mol. The number of anilines is 1. The molecule has 0 spiro atoms. The highest BCUT2D eigenvalue weighted by atomic mass is 19.4. The zero-order chi connectivity index (χ0) is 21.7. The smallest absolute Gasteiger partial charge is 0.369 e. The summed E-state index contributed by atoms with van der Waals surface area (Å²) in [6.07, 6.45) is -1.17. The first kappa shape index (κ1) is 22.6. The maximum atomic E-state index is 12.9. The predicted molar refractivity (Wildman–Crippen MR) is 109 cm³/mol. The summed E-state index contributed by atoms with van der Waals surface area (Å²) in [5.41, 5.74) is 0.0241. The third kappa shape index (κ3) is 5.74. The number of nitrogens with zero attached hydrogens (tertiary/aromatic N) is 3. The Labute approximate surface area is 175 Å². The molecule has 0 N–H and O–H groups in total. The molecule has 1 aromatic rings. The molecule has 2 aliphatic rings. The highest BCUT2D eigenvalue weighted by molar-refractivity contribution is 6.35. The lowest BCUT2D eigenvalue weighted by atomic mass is 9.93. The van der Waals surface area contributed by atoms with E-state index in [9.17, 15) is 22.8 Å². The van der Waals surface area contributed by atoms with Gasteiger partial charge in [0, 0.05) is 51.4 Å². The van der Waals surface area contributed by atoms with E-state index in [1.54, 1.807) is 17.9 Å². The van der Waals surface area contributed by atoms with Crippen molar-refractivity contribution in [3.8, 4) is 0 Å². The van der Waals surface area contributed by atoms with Crippen LogP contribution in [0.15, 0.2) is 24.3 Å². The largest absolute Gasteiger partial charge is 0.416 e. The molecule has 0 radical (unpaired) electrons. The van der Waals surface area contributed by atoms with Gasteiger partial charge >= 0.3 is 6.18 Å². The molecule has 30 heavy (non-hydrogen) atoms. The van der Waals surface area contributed by atoms with Crippen molar-refractivity contribution in [2.75, 3.05) is 50.7 Å². The van der Waals surface area contributed by atoms with Crippen LogP contribution in [0.2, 0.25) is 0 Å². The quantitative estimate of drug-likeness (QED) is 0.655. The number of benzene rings is 1. The van der Waals surface area contributed by atoms with Crippen LogP contribution in [0.4, 0.5) is 18.9 Å². The Morgan fingerprint density at radius 1 is 1.03 bits per heavy atom. The van der Waals surface area contributed by atoms with Crippen LogP contribution in [-0.2, 0) is 15.8 Å². The molecule has 2 fully saturated rings. The summed E-state index contributed by atoms with van der Waals surface area (Å²) >= 11 is 0. The number of hydrogen-bond donors (Lipinski definition) is 0. The molecule has 0 unspecified atom stereocenters. The van der Waals surface area contributed by atoms with Crippen molar-refractivity contribution in [1.82, 2.24) is 9.80 Å². The van der Waals surface area contributed by atoms with Gasteiger partial charge in [-0.05, 0) is 49.9 Å². The Hall–Kier alpha value is -2.09. The maximum absolute atomic E-state index is 12.9. The average molecular weight is 425 g/mol. The van der Waals surface area contributed by atoms with Gasteiger partial charge in [0.2, 0.25) is 5.78 Å². The lowest BCUT2D eigenvalue weighted by molar-refractivity contribution is -0.145. The highest BCUT2D eigenvalue weighted by Crippen LogP contribution is 2.32. The minimum Gasteiger partial charge on any atom is -0.369 e. The van der Waals surface area contributed by atoms with Gasteiger partial charge in [0.05, 0.1) is 5.56 Å². The van der Waals surface area contributed by atoms with Crippen LogP contribution >= 0.6 is 0 Å². The van der Waals surface area contributed by atoms with E-state index in [1.165, 1.54) is 12.1 Å². The molecule has 2 aliphatic heterocycles. The van der Waals surface area contributed by atoms with Crippen molar-refractivity contribution in [2.45, 2.75) is 38.8 Å². The summed E-state index contributed by atoms with van der Waals surface area (Å²) in [4.78, 5) is 29.6. The van der Waals surface area contributed by atoms with Crippen LogP contribution in [0.3, 0.4) is 0 Å². The summed E-state index contributed by atoms with van der Waals surface area (Å²) in [5, 5.41) is 0. The summed E-state index contributed by atoms with van der Waals surface area (Å²) in [5.74, 6) is -0.110. The van der Waals surface area contributed by atoms with Crippen LogP contribution in [-0.4, -0.2) is 67.3 Å². The molecule has 0 saturated carbocycles.